The van der Waals surface area contributed by atoms with Crippen molar-refractivity contribution >= 4 is 5.97 Å². The van der Waals surface area contributed by atoms with Gasteiger partial charge in [0.2, 0.25) is 0 Å². The van der Waals surface area contributed by atoms with Crippen LogP contribution in [0.15, 0.2) is 10.5 Å². The van der Waals surface area contributed by atoms with Crippen molar-refractivity contribution < 1.29 is 19.1 Å². The number of rotatable bonds is 2. The predicted octanol–water partition coefficient (Wildman–Crippen LogP) is 0.979. The maximum Gasteiger partial charge on any atom is 0.311 e. The van der Waals surface area contributed by atoms with Gasteiger partial charge in [0.05, 0.1) is 13.2 Å². The van der Waals surface area contributed by atoms with Gasteiger partial charge in [-0.25, -0.2) is 0 Å². The summed E-state index contributed by atoms with van der Waals surface area (Å²) in [5, 5.41) is 8.54. The second-order valence-corrected chi connectivity index (χ2v) is 3.03. The fourth-order valence-corrected chi connectivity index (χ4v) is 1.44. The zero-order valence-corrected chi connectivity index (χ0v) is 7.08. The van der Waals surface area contributed by atoms with Crippen molar-refractivity contribution in [3.05, 3.63) is 23.2 Å². The largest absolute Gasteiger partial charge is 0.481 e. The van der Waals surface area contributed by atoms with Crippen molar-refractivity contribution in [1.82, 2.24) is 0 Å². The molecule has 0 bridgehead atoms. The molecule has 0 amide bonds. The van der Waals surface area contributed by atoms with E-state index >= 15 is 0 Å². The summed E-state index contributed by atoms with van der Waals surface area (Å²) < 4.78 is 10.6. The minimum Gasteiger partial charge on any atom is -0.481 e. The summed E-state index contributed by atoms with van der Waals surface area (Å²) in [6.45, 7) is 1.20. The molecule has 0 unspecified atom stereocenters. The molecular formula is C9H10O4. The quantitative estimate of drug-likeness (QED) is 0.740. The van der Waals surface area contributed by atoms with Crippen molar-refractivity contribution in [2.75, 3.05) is 6.61 Å². The van der Waals surface area contributed by atoms with E-state index in [4.69, 9.17) is 14.3 Å². The average Bonchev–Trinajstić information content (AvgIpc) is 2.44. The van der Waals surface area contributed by atoms with E-state index in [1.807, 2.05) is 0 Å². The molecule has 0 radical (unpaired) electrons. The van der Waals surface area contributed by atoms with Crippen LogP contribution in [0.2, 0.25) is 0 Å². The Bertz CT molecular complexity index is 303. The molecule has 0 saturated heterocycles. The highest BCUT2D eigenvalue weighted by molar-refractivity contribution is 5.69. The molecule has 0 atom stereocenters. The maximum atomic E-state index is 10.4. The highest BCUT2D eigenvalue weighted by Gasteiger charge is 2.16. The third kappa shape index (κ3) is 1.72. The van der Waals surface area contributed by atoms with E-state index in [1.54, 1.807) is 6.07 Å². The minimum absolute atomic E-state index is 0.0486. The first-order valence-electron chi connectivity index (χ1n) is 4.15. The van der Waals surface area contributed by atoms with Crippen LogP contribution >= 0.6 is 0 Å². The van der Waals surface area contributed by atoms with Crippen molar-refractivity contribution in [2.24, 2.45) is 0 Å². The Kier molecular flexibility index (Phi) is 2.06. The smallest absolute Gasteiger partial charge is 0.311 e. The van der Waals surface area contributed by atoms with Gasteiger partial charge in [-0.3, -0.25) is 4.79 Å². The second-order valence-electron chi connectivity index (χ2n) is 3.03. The third-order valence-electron chi connectivity index (χ3n) is 2.00. The highest BCUT2D eigenvalue weighted by Crippen LogP contribution is 2.21. The first kappa shape index (κ1) is 8.31. The number of fused-ring (bicyclic) bond motifs is 1. The molecule has 0 fully saturated rings. The van der Waals surface area contributed by atoms with Gasteiger partial charge in [-0.2, -0.15) is 0 Å². The molecule has 0 aliphatic carbocycles. The number of aliphatic carboxylic acids is 1. The van der Waals surface area contributed by atoms with Crippen molar-refractivity contribution in [3.63, 3.8) is 0 Å². The molecule has 1 aromatic rings. The lowest BCUT2D eigenvalue weighted by Crippen LogP contribution is -2.06. The monoisotopic (exact) mass is 182 g/mol. The Morgan fingerprint density at radius 2 is 2.46 bits per heavy atom. The topological polar surface area (TPSA) is 59.7 Å². The van der Waals surface area contributed by atoms with E-state index in [9.17, 15) is 4.79 Å². The van der Waals surface area contributed by atoms with Crippen LogP contribution in [-0.4, -0.2) is 17.7 Å². The molecule has 2 heterocycles. The number of carboxylic acids is 1. The maximum absolute atomic E-state index is 10.4. The Balaban J connectivity index is 2.20. The zero-order chi connectivity index (χ0) is 9.26. The predicted molar refractivity (Wildman–Crippen MR) is 43.4 cm³/mol. The number of furan rings is 1. The highest BCUT2D eigenvalue weighted by atomic mass is 16.5. The molecule has 1 aliphatic rings. The molecule has 0 saturated carbocycles. The van der Waals surface area contributed by atoms with Crippen LogP contribution in [0, 0.1) is 0 Å². The third-order valence-corrected chi connectivity index (χ3v) is 2.00. The van der Waals surface area contributed by atoms with Gasteiger partial charge in [0.15, 0.2) is 0 Å². The van der Waals surface area contributed by atoms with Gasteiger partial charge in [0, 0.05) is 12.0 Å². The Hall–Kier alpha value is -1.29. The molecule has 1 aliphatic heterocycles. The fraction of sp³-hybridized carbons (Fsp3) is 0.444. The molecule has 2 rings (SSSR count). The van der Waals surface area contributed by atoms with Gasteiger partial charge in [-0.05, 0) is 6.07 Å². The first-order valence-corrected chi connectivity index (χ1v) is 4.15. The normalized spacial score (nSPS) is 15.4. The molecule has 0 spiro atoms. The molecule has 0 aromatic carbocycles. The van der Waals surface area contributed by atoms with E-state index in [0.717, 1.165) is 17.7 Å². The molecule has 1 N–H and O–H groups in total. The van der Waals surface area contributed by atoms with Crippen molar-refractivity contribution in [2.45, 2.75) is 19.4 Å². The summed E-state index contributed by atoms with van der Waals surface area (Å²) >= 11 is 0. The zero-order valence-electron chi connectivity index (χ0n) is 7.08. The van der Waals surface area contributed by atoms with E-state index in [0.29, 0.717) is 19.0 Å². The van der Waals surface area contributed by atoms with Crippen molar-refractivity contribution in [3.8, 4) is 0 Å². The Labute approximate surface area is 75.1 Å². The van der Waals surface area contributed by atoms with Gasteiger partial charge in [0.25, 0.3) is 0 Å². The van der Waals surface area contributed by atoms with Crippen LogP contribution in [0.4, 0.5) is 0 Å². The molecule has 70 valence electrons. The van der Waals surface area contributed by atoms with Crippen LogP contribution in [0.25, 0.3) is 0 Å². The van der Waals surface area contributed by atoms with Gasteiger partial charge in [-0.1, -0.05) is 0 Å². The number of ether oxygens (including phenoxy) is 1. The van der Waals surface area contributed by atoms with Gasteiger partial charge in [-0.15, -0.1) is 0 Å². The summed E-state index contributed by atoms with van der Waals surface area (Å²) in [5.74, 6) is 0.525. The first-order chi connectivity index (χ1) is 6.25. The number of hydrogen-bond donors (Lipinski definition) is 1. The summed E-state index contributed by atoms with van der Waals surface area (Å²) in [6, 6.07) is 1.77. The number of carbonyl (C=O) groups is 1. The lowest BCUT2D eigenvalue weighted by molar-refractivity contribution is -0.136. The standard InChI is InChI=1S/C9H10O4/c10-9(11)4-7-3-6-5-12-2-1-8(6)13-7/h3H,1-2,4-5H2,(H,10,11). The van der Waals surface area contributed by atoms with Gasteiger partial charge < -0.3 is 14.3 Å². The lowest BCUT2D eigenvalue weighted by Gasteiger charge is -2.09. The molecule has 13 heavy (non-hydrogen) atoms. The van der Waals surface area contributed by atoms with E-state index < -0.39 is 5.97 Å². The molecular weight excluding hydrogens is 172 g/mol. The van der Waals surface area contributed by atoms with Gasteiger partial charge in [0.1, 0.15) is 17.9 Å². The fourth-order valence-electron chi connectivity index (χ4n) is 1.44. The molecule has 4 heteroatoms. The van der Waals surface area contributed by atoms with E-state index in [1.165, 1.54) is 0 Å². The summed E-state index contributed by atoms with van der Waals surface area (Å²) in [5.41, 5.74) is 0.988. The van der Waals surface area contributed by atoms with Gasteiger partial charge >= 0.3 is 5.97 Å². The summed E-state index contributed by atoms with van der Waals surface area (Å²) in [6.07, 6.45) is 0.696. The van der Waals surface area contributed by atoms with E-state index in [-0.39, 0.29) is 6.42 Å². The molecule has 4 nitrogen and oxygen atoms in total. The van der Waals surface area contributed by atoms with Crippen LogP contribution < -0.4 is 0 Å². The summed E-state index contributed by atoms with van der Waals surface area (Å²) in [4.78, 5) is 10.4. The second kappa shape index (κ2) is 3.22. The minimum atomic E-state index is -0.869. The van der Waals surface area contributed by atoms with Crippen LogP contribution in [0.3, 0.4) is 0 Å². The Morgan fingerprint density at radius 3 is 3.15 bits per heavy atom. The van der Waals surface area contributed by atoms with E-state index in [2.05, 4.69) is 0 Å². The van der Waals surface area contributed by atoms with Crippen LogP contribution in [0.1, 0.15) is 17.1 Å². The van der Waals surface area contributed by atoms with Crippen molar-refractivity contribution in [1.29, 1.82) is 0 Å². The summed E-state index contributed by atoms with van der Waals surface area (Å²) in [7, 11) is 0. The Morgan fingerprint density at radius 1 is 1.62 bits per heavy atom. The lowest BCUT2D eigenvalue weighted by atomic mass is 10.2. The average molecular weight is 182 g/mol. The molecule has 1 aromatic heterocycles. The SMILES string of the molecule is O=C(O)Cc1cc2c(o1)CCOC2. The van der Waals surface area contributed by atoms with Crippen LogP contribution in [-0.2, 0) is 29.0 Å². The van der Waals surface area contributed by atoms with Crippen LogP contribution in [0.5, 0.6) is 0 Å². The number of carboxylic acid groups (broad SMARTS) is 1. The number of hydrogen-bond acceptors (Lipinski definition) is 3.